The molecule has 1 aromatic carbocycles. The zero-order valence-electron chi connectivity index (χ0n) is 13.3. The van der Waals surface area contributed by atoms with Crippen LogP contribution in [-0.4, -0.2) is 54.5 Å². The molecule has 0 spiro atoms. The van der Waals surface area contributed by atoms with Crippen molar-refractivity contribution < 1.29 is 23.9 Å². The molecule has 24 heavy (non-hydrogen) atoms. The van der Waals surface area contributed by atoms with Crippen molar-refractivity contribution in [1.82, 2.24) is 10.2 Å². The van der Waals surface area contributed by atoms with Crippen molar-refractivity contribution in [1.29, 1.82) is 0 Å². The molecule has 8 nitrogen and oxygen atoms in total. The molecule has 4 amide bonds. The number of anilines is 1. The summed E-state index contributed by atoms with van der Waals surface area (Å²) < 4.78 is 4.44. The molecule has 0 radical (unpaired) electrons. The summed E-state index contributed by atoms with van der Waals surface area (Å²) >= 11 is 0. The third-order valence-electron chi connectivity index (χ3n) is 4.30. The van der Waals surface area contributed by atoms with Crippen molar-refractivity contribution in [2.45, 2.75) is 25.4 Å². The predicted octanol–water partition coefficient (Wildman–Crippen LogP) is 0.194. The molecular weight excluding hydrogens is 314 g/mol. The molecule has 2 fully saturated rings. The predicted molar refractivity (Wildman–Crippen MR) is 83.1 cm³/mol. The maximum atomic E-state index is 12.8. The SMILES string of the molecule is COC(=O)C(=O)N1CC[C@H]2NC(=O)N(c3ccc(C)cc3)C(=O)[C@@H]21. The molecule has 1 N–H and O–H groups in total. The van der Waals surface area contributed by atoms with Gasteiger partial charge in [-0.1, -0.05) is 17.7 Å². The minimum Gasteiger partial charge on any atom is -0.462 e. The number of aryl methyl sites for hydroxylation is 1. The number of carbonyl (C=O) groups is 4. The summed E-state index contributed by atoms with van der Waals surface area (Å²) in [5, 5.41) is 2.73. The van der Waals surface area contributed by atoms with Crippen LogP contribution in [0, 0.1) is 6.92 Å². The van der Waals surface area contributed by atoms with Gasteiger partial charge in [-0.3, -0.25) is 9.59 Å². The molecule has 8 heteroatoms. The summed E-state index contributed by atoms with van der Waals surface area (Å²) in [6, 6.07) is 4.96. The van der Waals surface area contributed by atoms with E-state index in [4.69, 9.17) is 0 Å². The van der Waals surface area contributed by atoms with Gasteiger partial charge in [0.15, 0.2) is 0 Å². The number of likely N-dealkylation sites (tertiary alicyclic amines) is 1. The van der Waals surface area contributed by atoms with Crippen LogP contribution in [0.2, 0.25) is 0 Å². The first-order valence-corrected chi connectivity index (χ1v) is 7.54. The van der Waals surface area contributed by atoms with Crippen LogP contribution in [0.5, 0.6) is 0 Å². The van der Waals surface area contributed by atoms with Crippen molar-refractivity contribution in [2.24, 2.45) is 0 Å². The number of hydrogen-bond acceptors (Lipinski definition) is 5. The maximum Gasteiger partial charge on any atom is 0.396 e. The van der Waals surface area contributed by atoms with Crippen LogP contribution in [0.15, 0.2) is 24.3 Å². The quantitative estimate of drug-likeness (QED) is 0.585. The van der Waals surface area contributed by atoms with Crippen LogP contribution in [0.25, 0.3) is 0 Å². The second-order valence-corrected chi connectivity index (χ2v) is 5.79. The van der Waals surface area contributed by atoms with E-state index in [-0.39, 0.29) is 6.54 Å². The molecule has 0 aliphatic carbocycles. The minimum atomic E-state index is -1.03. The van der Waals surface area contributed by atoms with Crippen molar-refractivity contribution in [2.75, 3.05) is 18.6 Å². The smallest absolute Gasteiger partial charge is 0.396 e. The topological polar surface area (TPSA) is 96.0 Å². The minimum absolute atomic E-state index is 0.205. The van der Waals surface area contributed by atoms with Gasteiger partial charge in [0.2, 0.25) is 0 Å². The number of urea groups is 1. The average molecular weight is 331 g/mol. The average Bonchev–Trinajstić information content (AvgIpc) is 2.99. The Balaban J connectivity index is 1.91. The Morgan fingerprint density at radius 1 is 1.21 bits per heavy atom. The Morgan fingerprint density at radius 3 is 2.50 bits per heavy atom. The Morgan fingerprint density at radius 2 is 1.88 bits per heavy atom. The number of ether oxygens (including phenoxy) is 1. The fourth-order valence-electron chi connectivity index (χ4n) is 3.08. The standard InChI is InChI=1S/C16H17N3O5/c1-9-3-5-10(6-4-9)19-13(20)12-11(17-16(19)23)7-8-18(12)14(21)15(22)24-2/h3-6,11-12H,7-8H2,1-2H3,(H,17,23)/t11-,12-/m1/s1. The molecule has 2 aliphatic rings. The first-order valence-electron chi connectivity index (χ1n) is 7.54. The lowest BCUT2D eigenvalue weighted by atomic mass is 10.0. The van der Waals surface area contributed by atoms with Gasteiger partial charge >= 0.3 is 17.9 Å². The van der Waals surface area contributed by atoms with Crippen LogP contribution < -0.4 is 10.2 Å². The van der Waals surface area contributed by atoms with Crippen LogP contribution in [0.1, 0.15) is 12.0 Å². The number of esters is 1. The Labute approximate surface area is 138 Å². The molecule has 2 heterocycles. The molecule has 0 saturated carbocycles. The summed E-state index contributed by atoms with van der Waals surface area (Å²) in [7, 11) is 1.11. The third kappa shape index (κ3) is 2.49. The monoisotopic (exact) mass is 331 g/mol. The summed E-state index contributed by atoms with van der Waals surface area (Å²) in [5.41, 5.74) is 1.41. The Bertz CT molecular complexity index is 715. The van der Waals surface area contributed by atoms with Gasteiger partial charge < -0.3 is 15.0 Å². The Kier molecular flexibility index (Phi) is 3.96. The molecule has 0 bridgehead atoms. The molecule has 3 rings (SSSR count). The number of benzene rings is 1. The van der Waals surface area contributed by atoms with Crippen LogP contribution in [0.4, 0.5) is 10.5 Å². The number of methoxy groups -OCH3 is 1. The van der Waals surface area contributed by atoms with E-state index < -0.39 is 35.9 Å². The highest BCUT2D eigenvalue weighted by atomic mass is 16.5. The van der Waals surface area contributed by atoms with Gasteiger partial charge in [0.25, 0.3) is 5.91 Å². The van der Waals surface area contributed by atoms with Crippen LogP contribution in [0.3, 0.4) is 0 Å². The highest BCUT2D eigenvalue weighted by molar-refractivity contribution is 6.33. The van der Waals surface area contributed by atoms with Crippen molar-refractivity contribution >= 4 is 29.5 Å². The first kappa shape index (κ1) is 16.0. The van der Waals surface area contributed by atoms with E-state index in [2.05, 4.69) is 10.1 Å². The van der Waals surface area contributed by atoms with E-state index in [1.807, 2.05) is 6.92 Å². The first-order chi connectivity index (χ1) is 11.4. The van der Waals surface area contributed by atoms with E-state index in [9.17, 15) is 19.2 Å². The molecule has 0 aromatic heterocycles. The Hall–Kier alpha value is -2.90. The number of nitrogens with zero attached hydrogens (tertiary/aromatic N) is 2. The summed E-state index contributed by atoms with van der Waals surface area (Å²) in [6.45, 7) is 2.10. The van der Waals surface area contributed by atoms with Crippen LogP contribution in [-0.2, 0) is 19.1 Å². The molecule has 2 atom stereocenters. The van der Waals surface area contributed by atoms with E-state index in [1.54, 1.807) is 24.3 Å². The fourth-order valence-corrected chi connectivity index (χ4v) is 3.08. The lowest BCUT2D eigenvalue weighted by Crippen LogP contribution is -2.65. The number of amides is 4. The summed E-state index contributed by atoms with van der Waals surface area (Å²) in [6.07, 6.45) is 0.409. The number of carbonyl (C=O) groups excluding carboxylic acids is 4. The molecule has 1 aromatic rings. The lowest BCUT2D eigenvalue weighted by molar-refractivity contribution is -0.159. The number of nitrogens with one attached hydrogen (secondary N) is 1. The van der Waals surface area contributed by atoms with E-state index in [0.717, 1.165) is 17.6 Å². The number of hydrogen-bond donors (Lipinski definition) is 1. The largest absolute Gasteiger partial charge is 0.462 e. The van der Waals surface area contributed by atoms with Gasteiger partial charge in [0, 0.05) is 6.54 Å². The third-order valence-corrected chi connectivity index (χ3v) is 4.30. The van der Waals surface area contributed by atoms with E-state index >= 15 is 0 Å². The molecule has 2 saturated heterocycles. The highest BCUT2D eigenvalue weighted by Crippen LogP contribution is 2.28. The second-order valence-electron chi connectivity index (χ2n) is 5.79. The maximum absolute atomic E-state index is 12.8. The normalized spacial score (nSPS) is 22.9. The van der Waals surface area contributed by atoms with Gasteiger partial charge in [-0.15, -0.1) is 0 Å². The van der Waals surface area contributed by atoms with Gasteiger partial charge in [-0.25, -0.2) is 14.5 Å². The van der Waals surface area contributed by atoms with Gasteiger partial charge in [0.05, 0.1) is 18.8 Å². The van der Waals surface area contributed by atoms with E-state index in [0.29, 0.717) is 12.1 Å². The molecule has 2 aliphatic heterocycles. The van der Waals surface area contributed by atoms with Crippen molar-refractivity contribution in [3.8, 4) is 0 Å². The van der Waals surface area contributed by atoms with Crippen molar-refractivity contribution in [3.05, 3.63) is 29.8 Å². The number of imide groups is 1. The lowest BCUT2D eigenvalue weighted by Gasteiger charge is -2.36. The van der Waals surface area contributed by atoms with Gasteiger partial charge in [-0.05, 0) is 25.5 Å². The van der Waals surface area contributed by atoms with Crippen molar-refractivity contribution in [3.63, 3.8) is 0 Å². The van der Waals surface area contributed by atoms with Crippen LogP contribution >= 0.6 is 0 Å². The summed E-state index contributed by atoms with van der Waals surface area (Å²) in [4.78, 5) is 50.9. The molecule has 0 unspecified atom stereocenters. The fraction of sp³-hybridized carbons (Fsp3) is 0.375. The number of fused-ring (bicyclic) bond motifs is 1. The highest BCUT2D eigenvalue weighted by Gasteiger charge is 2.51. The number of rotatable bonds is 1. The van der Waals surface area contributed by atoms with E-state index in [1.165, 1.54) is 4.90 Å². The second kappa shape index (κ2) is 5.95. The zero-order valence-corrected chi connectivity index (χ0v) is 13.3. The molecule has 126 valence electrons. The van der Waals surface area contributed by atoms with Gasteiger partial charge in [0.1, 0.15) is 6.04 Å². The van der Waals surface area contributed by atoms with Gasteiger partial charge in [-0.2, -0.15) is 0 Å². The zero-order chi connectivity index (χ0) is 17.4. The molecular formula is C16H17N3O5. The summed E-state index contributed by atoms with van der Waals surface area (Å²) in [5.74, 6) is -2.43.